The van der Waals surface area contributed by atoms with E-state index in [0.717, 1.165) is 0 Å². The number of halogens is 2. The zero-order valence-electron chi connectivity index (χ0n) is 17.6. The van der Waals surface area contributed by atoms with E-state index in [1.54, 1.807) is 35.9 Å². The molecule has 0 aliphatic rings. The Balaban J connectivity index is 1.54. The number of aromatic nitrogens is 3. The second-order valence-corrected chi connectivity index (χ2v) is 8.46. The van der Waals surface area contributed by atoms with Crippen LogP contribution in [0.4, 0.5) is 5.69 Å². The summed E-state index contributed by atoms with van der Waals surface area (Å²) in [6, 6.07) is 11.1. The fourth-order valence-corrected chi connectivity index (χ4v) is 3.95. The van der Waals surface area contributed by atoms with Gasteiger partial charge in [0.1, 0.15) is 0 Å². The summed E-state index contributed by atoms with van der Waals surface area (Å²) in [7, 11) is 3.02. The lowest BCUT2D eigenvalue weighted by molar-refractivity contribution is -0.113. The molecule has 0 fully saturated rings. The second kappa shape index (κ2) is 11.2. The summed E-state index contributed by atoms with van der Waals surface area (Å²) < 4.78 is 6.36. The molecule has 0 radical (unpaired) electrons. The standard InChI is InChI=1S/C21H19Cl2N5O4S/c1-28-17(10-24-19(30)15-7-6-13(22)9-16(15)23)26-27-21(28)33-11-18(29)25-14-5-3-4-12(8-14)20(31)32-2/h3-9H,10-11H2,1-2H3,(H,24,30)(H,25,29). The van der Waals surface area contributed by atoms with Gasteiger partial charge in [0.15, 0.2) is 11.0 Å². The van der Waals surface area contributed by atoms with Crippen molar-refractivity contribution in [2.45, 2.75) is 11.7 Å². The Morgan fingerprint density at radius 3 is 2.64 bits per heavy atom. The van der Waals surface area contributed by atoms with Crippen molar-refractivity contribution in [2.24, 2.45) is 7.05 Å². The average molecular weight is 508 g/mol. The van der Waals surface area contributed by atoms with Gasteiger partial charge < -0.3 is 19.9 Å². The highest BCUT2D eigenvalue weighted by molar-refractivity contribution is 7.99. The van der Waals surface area contributed by atoms with Gasteiger partial charge in [-0.25, -0.2) is 4.79 Å². The molecular weight excluding hydrogens is 489 g/mol. The maximum Gasteiger partial charge on any atom is 0.337 e. The van der Waals surface area contributed by atoms with Crippen LogP contribution in [-0.4, -0.2) is 45.4 Å². The summed E-state index contributed by atoms with van der Waals surface area (Å²) in [5.41, 5.74) is 1.11. The van der Waals surface area contributed by atoms with E-state index in [0.29, 0.717) is 32.8 Å². The van der Waals surface area contributed by atoms with E-state index >= 15 is 0 Å². The Morgan fingerprint density at radius 2 is 1.91 bits per heavy atom. The Labute approximate surface area is 203 Å². The number of ether oxygens (including phenoxy) is 1. The van der Waals surface area contributed by atoms with Crippen LogP contribution in [0, 0.1) is 0 Å². The van der Waals surface area contributed by atoms with Crippen LogP contribution >= 0.6 is 35.0 Å². The Morgan fingerprint density at radius 1 is 1.12 bits per heavy atom. The van der Waals surface area contributed by atoms with Crippen molar-refractivity contribution < 1.29 is 19.1 Å². The smallest absolute Gasteiger partial charge is 0.337 e. The number of amides is 2. The number of carbonyl (C=O) groups is 3. The van der Waals surface area contributed by atoms with Crippen molar-refractivity contribution in [3.05, 3.63) is 69.5 Å². The molecule has 0 atom stereocenters. The molecule has 0 aliphatic carbocycles. The van der Waals surface area contributed by atoms with Gasteiger partial charge in [0, 0.05) is 17.8 Å². The summed E-state index contributed by atoms with van der Waals surface area (Å²) >= 11 is 13.1. The van der Waals surface area contributed by atoms with Crippen LogP contribution in [0.1, 0.15) is 26.5 Å². The molecule has 9 nitrogen and oxygen atoms in total. The summed E-state index contributed by atoms with van der Waals surface area (Å²) in [6.45, 7) is 0.119. The molecule has 2 aromatic carbocycles. The molecule has 2 amide bonds. The maximum atomic E-state index is 12.4. The molecule has 12 heteroatoms. The van der Waals surface area contributed by atoms with Crippen LogP contribution < -0.4 is 10.6 Å². The molecule has 0 saturated heterocycles. The zero-order valence-corrected chi connectivity index (χ0v) is 19.9. The van der Waals surface area contributed by atoms with Crippen LogP contribution in [0.2, 0.25) is 10.0 Å². The fourth-order valence-electron chi connectivity index (χ4n) is 2.72. The number of methoxy groups -OCH3 is 1. The summed E-state index contributed by atoms with van der Waals surface area (Å²) in [5, 5.41) is 14.8. The lowest BCUT2D eigenvalue weighted by Crippen LogP contribution is -2.24. The molecule has 2 N–H and O–H groups in total. The molecule has 33 heavy (non-hydrogen) atoms. The highest BCUT2D eigenvalue weighted by Gasteiger charge is 2.15. The van der Waals surface area contributed by atoms with Gasteiger partial charge in [-0.15, -0.1) is 10.2 Å². The number of hydrogen-bond donors (Lipinski definition) is 2. The van der Waals surface area contributed by atoms with Gasteiger partial charge in [-0.3, -0.25) is 9.59 Å². The molecule has 0 saturated carbocycles. The van der Waals surface area contributed by atoms with Crippen molar-refractivity contribution in [3.8, 4) is 0 Å². The summed E-state index contributed by atoms with van der Waals surface area (Å²) in [4.78, 5) is 36.3. The first kappa shape index (κ1) is 24.6. The minimum absolute atomic E-state index is 0.0706. The minimum Gasteiger partial charge on any atom is -0.465 e. The largest absolute Gasteiger partial charge is 0.465 e. The molecule has 0 bridgehead atoms. The number of esters is 1. The molecule has 0 spiro atoms. The molecule has 3 aromatic rings. The average Bonchev–Trinajstić information content (AvgIpc) is 3.15. The molecule has 0 aliphatic heterocycles. The van der Waals surface area contributed by atoms with Crippen molar-refractivity contribution in [1.82, 2.24) is 20.1 Å². The monoisotopic (exact) mass is 507 g/mol. The van der Waals surface area contributed by atoms with Crippen LogP contribution in [0.5, 0.6) is 0 Å². The van der Waals surface area contributed by atoms with Gasteiger partial charge in [0.25, 0.3) is 5.91 Å². The quantitative estimate of drug-likeness (QED) is 0.353. The Bertz CT molecular complexity index is 1200. The number of hydrogen-bond acceptors (Lipinski definition) is 7. The lowest BCUT2D eigenvalue weighted by atomic mass is 10.2. The second-order valence-electron chi connectivity index (χ2n) is 6.67. The first-order valence-electron chi connectivity index (χ1n) is 9.51. The van der Waals surface area contributed by atoms with Crippen molar-refractivity contribution in [3.63, 3.8) is 0 Å². The van der Waals surface area contributed by atoms with Crippen molar-refractivity contribution >= 4 is 58.4 Å². The molecular formula is C21H19Cl2N5O4S. The number of anilines is 1. The summed E-state index contributed by atoms with van der Waals surface area (Å²) in [6.07, 6.45) is 0. The number of thioether (sulfide) groups is 1. The van der Waals surface area contributed by atoms with Crippen LogP contribution in [0.25, 0.3) is 0 Å². The highest BCUT2D eigenvalue weighted by Crippen LogP contribution is 2.21. The number of rotatable bonds is 8. The van der Waals surface area contributed by atoms with E-state index < -0.39 is 5.97 Å². The SMILES string of the molecule is COC(=O)c1cccc(NC(=O)CSc2nnc(CNC(=O)c3ccc(Cl)cc3Cl)n2C)c1. The third kappa shape index (κ3) is 6.47. The van der Waals surface area contributed by atoms with Gasteiger partial charge in [-0.1, -0.05) is 41.0 Å². The molecule has 1 aromatic heterocycles. The van der Waals surface area contributed by atoms with E-state index in [4.69, 9.17) is 23.2 Å². The maximum absolute atomic E-state index is 12.4. The van der Waals surface area contributed by atoms with Gasteiger partial charge in [0.2, 0.25) is 5.91 Å². The van der Waals surface area contributed by atoms with Crippen LogP contribution in [0.3, 0.4) is 0 Å². The molecule has 172 valence electrons. The molecule has 3 rings (SSSR count). The number of nitrogens with one attached hydrogen (secondary N) is 2. The zero-order chi connectivity index (χ0) is 24.0. The first-order chi connectivity index (χ1) is 15.8. The van der Waals surface area contributed by atoms with Crippen LogP contribution in [0.15, 0.2) is 47.6 Å². The number of benzene rings is 2. The van der Waals surface area contributed by atoms with Gasteiger partial charge in [0.05, 0.1) is 35.6 Å². The van der Waals surface area contributed by atoms with E-state index in [-0.39, 0.29) is 29.1 Å². The molecule has 0 unspecified atom stereocenters. The minimum atomic E-state index is -0.488. The highest BCUT2D eigenvalue weighted by atomic mass is 35.5. The Hall–Kier alpha value is -3.08. The lowest BCUT2D eigenvalue weighted by Gasteiger charge is -2.08. The summed E-state index contributed by atoms with van der Waals surface area (Å²) in [5.74, 6) is -0.569. The normalized spacial score (nSPS) is 10.5. The third-order valence-electron chi connectivity index (χ3n) is 4.41. The number of nitrogens with zero attached hydrogens (tertiary/aromatic N) is 3. The predicted octanol–water partition coefficient (Wildman–Crippen LogP) is 3.57. The van der Waals surface area contributed by atoms with Crippen molar-refractivity contribution in [2.75, 3.05) is 18.2 Å². The van der Waals surface area contributed by atoms with E-state index in [1.807, 2.05) is 0 Å². The fraction of sp³-hybridized carbons (Fsp3) is 0.190. The van der Waals surface area contributed by atoms with Crippen molar-refractivity contribution in [1.29, 1.82) is 0 Å². The third-order valence-corrected chi connectivity index (χ3v) is 5.98. The van der Waals surface area contributed by atoms with E-state index in [9.17, 15) is 14.4 Å². The van der Waals surface area contributed by atoms with Gasteiger partial charge >= 0.3 is 5.97 Å². The first-order valence-corrected chi connectivity index (χ1v) is 11.2. The molecule has 1 heterocycles. The topological polar surface area (TPSA) is 115 Å². The number of carbonyl (C=O) groups excluding carboxylic acids is 3. The van der Waals surface area contributed by atoms with E-state index in [2.05, 4.69) is 25.6 Å². The van der Waals surface area contributed by atoms with E-state index in [1.165, 1.54) is 37.1 Å². The van der Waals surface area contributed by atoms with Gasteiger partial charge in [-0.2, -0.15) is 0 Å². The Kier molecular flexibility index (Phi) is 8.32. The van der Waals surface area contributed by atoms with Crippen LogP contribution in [-0.2, 0) is 23.1 Å². The predicted molar refractivity (Wildman–Crippen MR) is 126 cm³/mol. The van der Waals surface area contributed by atoms with Gasteiger partial charge in [-0.05, 0) is 36.4 Å².